The molecule has 7 heteroatoms. The monoisotopic (exact) mass is 444 g/mol. The van der Waals surface area contributed by atoms with Crippen molar-refractivity contribution in [3.63, 3.8) is 0 Å². The van der Waals surface area contributed by atoms with Gasteiger partial charge in [0.15, 0.2) is 0 Å². The topological polar surface area (TPSA) is 83.4 Å². The highest BCUT2D eigenvalue weighted by Crippen LogP contribution is 2.42. The summed E-state index contributed by atoms with van der Waals surface area (Å²) in [7, 11) is 0. The Kier molecular flexibility index (Phi) is 5.65. The van der Waals surface area contributed by atoms with Crippen molar-refractivity contribution in [1.82, 2.24) is 4.90 Å². The van der Waals surface area contributed by atoms with Crippen LogP contribution in [0.25, 0.3) is 6.08 Å². The van der Waals surface area contributed by atoms with Crippen molar-refractivity contribution in [2.75, 3.05) is 36.0 Å². The van der Waals surface area contributed by atoms with Crippen LogP contribution in [0.5, 0.6) is 0 Å². The Balaban J connectivity index is 1.43. The zero-order valence-corrected chi connectivity index (χ0v) is 18.8. The number of alkyl halides is 1. The first kappa shape index (κ1) is 21.6. The summed E-state index contributed by atoms with van der Waals surface area (Å²) in [5.41, 5.74) is 12.3. The van der Waals surface area contributed by atoms with Crippen molar-refractivity contribution in [2.24, 2.45) is 5.73 Å². The molecule has 33 heavy (non-hydrogen) atoms. The van der Waals surface area contributed by atoms with E-state index in [-0.39, 0.29) is 6.04 Å². The number of nitrogens with one attached hydrogen (secondary N) is 1. The van der Waals surface area contributed by atoms with Gasteiger partial charge in [0.2, 0.25) is 0 Å². The molecule has 5 rings (SSSR count). The molecule has 0 spiro atoms. The number of hydrogen-bond acceptors (Lipinski definition) is 6. The van der Waals surface area contributed by atoms with Crippen LogP contribution in [0.15, 0.2) is 42.5 Å². The molecule has 3 N–H and O–H groups in total. The molecule has 0 aliphatic carbocycles. The van der Waals surface area contributed by atoms with Crippen molar-refractivity contribution in [1.29, 1.82) is 10.7 Å². The van der Waals surface area contributed by atoms with E-state index in [2.05, 4.69) is 45.9 Å². The van der Waals surface area contributed by atoms with Gasteiger partial charge >= 0.3 is 0 Å². The fourth-order valence-corrected chi connectivity index (χ4v) is 5.50. The summed E-state index contributed by atoms with van der Waals surface area (Å²) in [4.78, 5) is 7.00. The van der Waals surface area contributed by atoms with Gasteiger partial charge in [-0.25, -0.2) is 4.39 Å². The first-order valence-corrected chi connectivity index (χ1v) is 11.5. The molecular weight excluding hydrogens is 415 g/mol. The normalized spacial score (nSPS) is 27.0. The molecule has 2 aromatic rings. The molecule has 3 aliphatic rings. The zero-order chi connectivity index (χ0) is 23.1. The van der Waals surface area contributed by atoms with Crippen LogP contribution in [-0.2, 0) is 6.54 Å². The minimum absolute atomic E-state index is 0.280. The van der Waals surface area contributed by atoms with Crippen molar-refractivity contribution in [3.8, 4) is 6.07 Å². The highest BCUT2D eigenvalue weighted by atomic mass is 19.1. The smallest absolute Gasteiger partial charge is 0.134 e. The lowest BCUT2D eigenvalue weighted by molar-refractivity contribution is 0.134. The van der Waals surface area contributed by atoms with E-state index in [4.69, 9.17) is 11.1 Å². The Bertz CT molecular complexity index is 1130. The maximum absolute atomic E-state index is 14.0. The van der Waals surface area contributed by atoms with E-state index in [9.17, 15) is 9.65 Å². The standard InChI is InChI=1S/C26H29FN6/c1-17-12-32(25-7-4-18(11-29)9-19(25)3-2-8-28)16-26-22-6-5-21(10-20(22)13-33(17)26)31-14-23(27)24(30)15-31/h2-10,17,23-24,26,28H,12-16,30H2,1H3/b3-2-,28-8?/t17-,23+,24-,26-/m1/s1. The summed E-state index contributed by atoms with van der Waals surface area (Å²) in [6, 6.07) is 14.7. The van der Waals surface area contributed by atoms with Crippen LogP contribution in [-0.4, -0.2) is 55.5 Å². The molecule has 4 atom stereocenters. The van der Waals surface area contributed by atoms with Gasteiger partial charge in [0.1, 0.15) is 6.17 Å². The molecule has 0 saturated carbocycles. The van der Waals surface area contributed by atoms with Crippen LogP contribution in [0, 0.1) is 16.7 Å². The van der Waals surface area contributed by atoms with Crippen LogP contribution in [0.3, 0.4) is 0 Å². The van der Waals surface area contributed by atoms with Gasteiger partial charge in [0, 0.05) is 49.8 Å². The second-order valence-corrected chi connectivity index (χ2v) is 9.32. The van der Waals surface area contributed by atoms with E-state index in [1.54, 1.807) is 6.08 Å². The minimum Gasteiger partial charge on any atom is -0.368 e. The van der Waals surface area contributed by atoms with Gasteiger partial charge in [-0.05, 0) is 60.0 Å². The van der Waals surface area contributed by atoms with Gasteiger partial charge in [-0.15, -0.1) is 0 Å². The minimum atomic E-state index is -0.971. The maximum atomic E-state index is 14.0. The van der Waals surface area contributed by atoms with Gasteiger partial charge in [-0.3, -0.25) is 4.90 Å². The summed E-state index contributed by atoms with van der Waals surface area (Å²) < 4.78 is 14.0. The third-order valence-electron chi connectivity index (χ3n) is 7.21. The number of hydrogen-bond donors (Lipinski definition) is 2. The van der Waals surface area contributed by atoms with Crippen LogP contribution >= 0.6 is 0 Å². The molecule has 0 bridgehead atoms. The number of nitrogens with zero attached hydrogens (tertiary/aromatic N) is 4. The molecule has 0 radical (unpaired) electrons. The number of fused-ring (bicyclic) bond motifs is 3. The molecule has 2 saturated heterocycles. The van der Waals surface area contributed by atoms with Crippen molar-refractivity contribution >= 4 is 23.7 Å². The van der Waals surface area contributed by atoms with E-state index in [1.807, 2.05) is 24.3 Å². The number of piperazine rings is 1. The number of allylic oxidation sites excluding steroid dienone is 1. The third kappa shape index (κ3) is 3.90. The number of rotatable bonds is 4. The highest BCUT2D eigenvalue weighted by molar-refractivity contribution is 5.80. The zero-order valence-electron chi connectivity index (χ0n) is 18.8. The van der Waals surface area contributed by atoms with Gasteiger partial charge in [-0.2, -0.15) is 5.26 Å². The first-order chi connectivity index (χ1) is 16.0. The molecular formula is C26H29FN6. The molecule has 0 amide bonds. The molecule has 2 fully saturated rings. The van der Waals surface area contributed by atoms with E-state index in [0.717, 1.165) is 36.6 Å². The molecule has 170 valence electrons. The predicted molar refractivity (Wildman–Crippen MR) is 130 cm³/mol. The summed E-state index contributed by atoms with van der Waals surface area (Å²) in [6.45, 7) is 5.82. The highest BCUT2D eigenvalue weighted by Gasteiger charge is 2.40. The molecule has 6 nitrogen and oxygen atoms in total. The summed E-state index contributed by atoms with van der Waals surface area (Å²) in [5.74, 6) is 0. The number of benzene rings is 2. The van der Waals surface area contributed by atoms with Gasteiger partial charge in [0.05, 0.1) is 30.3 Å². The maximum Gasteiger partial charge on any atom is 0.134 e. The van der Waals surface area contributed by atoms with Crippen molar-refractivity contribution < 1.29 is 4.39 Å². The van der Waals surface area contributed by atoms with Gasteiger partial charge in [-0.1, -0.05) is 12.1 Å². The van der Waals surface area contributed by atoms with E-state index in [0.29, 0.717) is 24.7 Å². The lowest BCUT2D eigenvalue weighted by atomic mass is 9.99. The fraction of sp³-hybridized carbons (Fsp3) is 0.385. The van der Waals surface area contributed by atoms with Crippen LogP contribution in [0.1, 0.15) is 35.2 Å². The largest absolute Gasteiger partial charge is 0.368 e. The number of nitriles is 1. The fourth-order valence-electron chi connectivity index (χ4n) is 5.50. The first-order valence-electron chi connectivity index (χ1n) is 11.5. The van der Waals surface area contributed by atoms with E-state index >= 15 is 0 Å². The molecule has 3 heterocycles. The molecule has 2 aromatic carbocycles. The quantitative estimate of drug-likeness (QED) is 0.706. The summed E-state index contributed by atoms with van der Waals surface area (Å²) in [6.07, 6.45) is 3.88. The van der Waals surface area contributed by atoms with Crippen molar-refractivity contribution in [2.45, 2.75) is 37.8 Å². The van der Waals surface area contributed by atoms with Crippen LogP contribution < -0.4 is 15.5 Å². The predicted octanol–water partition coefficient (Wildman–Crippen LogP) is 3.47. The Morgan fingerprint density at radius 2 is 1.97 bits per heavy atom. The van der Waals surface area contributed by atoms with E-state index < -0.39 is 12.2 Å². The molecule has 0 aromatic heterocycles. The number of anilines is 2. The number of nitrogens with two attached hydrogens (primary N) is 1. The average molecular weight is 445 g/mol. The van der Waals surface area contributed by atoms with Gasteiger partial charge in [0.25, 0.3) is 0 Å². The second kappa shape index (κ2) is 8.62. The Labute approximate surface area is 194 Å². The van der Waals surface area contributed by atoms with Crippen LogP contribution in [0.2, 0.25) is 0 Å². The second-order valence-electron chi connectivity index (χ2n) is 9.32. The van der Waals surface area contributed by atoms with E-state index in [1.165, 1.54) is 17.3 Å². The van der Waals surface area contributed by atoms with Crippen LogP contribution in [0.4, 0.5) is 15.8 Å². The number of halogens is 1. The third-order valence-corrected chi connectivity index (χ3v) is 7.21. The Morgan fingerprint density at radius 3 is 2.70 bits per heavy atom. The SMILES string of the molecule is C[C@@H]1CN(c2ccc(C#N)cc2/C=C\C=N)C[C@@H]2c3ccc(N4C[C@@H](N)[C@@H](F)C4)cc3CN12. The lowest BCUT2D eigenvalue weighted by Crippen LogP contribution is -2.51. The summed E-state index contributed by atoms with van der Waals surface area (Å²) >= 11 is 0. The lowest BCUT2D eigenvalue weighted by Gasteiger charge is -2.44. The summed E-state index contributed by atoms with van der Waals surface area (Å²) in [5, 5.41) is 16.7. The van der Waals surface area contributed by atoms with Crippen molar-refractivity contribution in [3.05, 3.63) is 64.7 Å². The Hall–Kier alpha value is -3.21. The van der Waals surface area contributed by atoms with Gasteiger partial charge < -0.3 is 20.9 Å². The average Bonchev–Trinajstić information content (AvgIpc) is 3.36. The Morgan fingerprint density at radius 1 is 1.12 bits per heavy atom. The molecule has 3 aliphatic heterocycles. The molecule has 0 unspecified atom stereocenters.